The number of carbonyl (C=O) groups is 1. The average Bonchev–Trinajstić information content (AvgIpc) is 2.95. The summed E-state index contributed by atoms with van der Waals surface area (Å²) in [6, 6.07) is 5.67. The number of benzene rings is 1. The van der Waals surface area contributed by atoms with Gasteiger partial charge in [-0.15, -0.1) is 0 Å². The van der Waals surface area contributed by atoms with E-state index in [0.29, 0.717) is 5.69 Å². The maximum absolute atomic E-state index is 13.1. The van der Waals surface area contributed by atoms with Gasteiger partial charge < -0.3 is 10.5 Å². The number of ether oxygens (including phenoxy) is 1. The van der Waals surface area contributed by atoms with Gasteiger partial charge in [-0.05, 0) is 37.6 Å². The summed E-state index contributed by atoms with van der Waals surface area (Å²) in [4.78, 5) is 11.9. The molecule has 112 valence electrons. The SMILES string of the molecule is CCC(C)n1ccc(COC(=O)c2cc(F)ccc2N)n1. The highest BCUT2D eigenvalue weighted by atomic mass is 19.1. The molecule has 0 bridgehead atoms. The third-order valence-electron chi connectivity index (χ3n) is 3.29. The minimum atomic E-state index is -0.662. The van der Waals surface area contributed by atoms with Crippen LogP contribution in [0.4, 0.5) is 10.1 Å². The molecule has 2 aromatic rings. The minimum Gasteiger partial charge on any atom is -0.455 e. The maximum atomic E-state index is 13.1. The molecule has 0 aliphatic carbocycles. The molecule has 0 saturated heterocycles. The highest BCUT2D eigenvalue weighted by Gasteiger charge is 2.13. The largest absolute Gasteiger partial charge is 0.455 e. The van der Waals surface area contributed by atoms with Crippen LogP contribution in [0.1, 0.15) is 42.4 Å². The molecular formula is C15H18FN3O2. The van der Waals surface area contributed by atoms with E-state index in [2.05, 4.69) is 18.9 Å². The summed E-state index contributed by atoms with van der Waals surface area (Å²) in [6.45, 7) is 4.15. The van der Waals surface area contributed by atoms with Crippen LogP contribution in [0.2, 0.25) is 0 Å². The van der Waals surface area contributed by atoms with E-state index >= 15 is 0 Å². The van der Waals surface area contributed by atoms with Gasteiger partial charge in [0, 0.05) is 17.9 Å². The van der Waals surface area contributed by atoms with Gasteiger partial charge in [0.1, 0.15) is 12.4 Å². The van der Waals surface area contributed by atoms with Gasteiger partial charge in [0.2, 0.25) is 0 Å². The summed E-state index contributed by atoms with van der Waals surface area (Å²) >= 11 is 0. The Hall–Kier alpha value is -2.37. The van der Waals surface area contributed by atoms with Gasteiger partial charge in [-0.1, -0.05) is 6.92 Å². The lowest BCUT2D eigenvalue weighted by atomic mass is 10.2. The van der Waals surface area contributed by atoms with Crippen molar-refractivity contribution in [1.82, 2.24) is 9.78 Å². The zero-order valence-corrected chi connectivity index (χ0v) is 12.0. The number of carbonyl (C=O) groups excluding carboxylic acids is 1. The first kappa shape index (κ1) is 15.0. The molecule has 5 nitrogen and oxygen atoms in total. The summed E-state index contributed by atoms with van der Waals surface area (Å²) in [7, 11) is 0. The van der Waals surface area contributed by atoms with E-state index in [0.717, 1.165) is 12.5 Å². The second kappa shape index (κ2) is 6.39. The molecule has 0 radical (unpaired) electrons. The van der Waals surface area contributed by atoms with E-state index in [9.17, 15) is 9.18 Å². The number of aromatic nitrogens is 2. The van der Waals surface area contributed by atoms with Crippen LogP contribution < -0.4 is 5.73 Å². The summed E-state index contributed by atoms with van der Waals surface area (Å²) < 4.78 is 20.1. The molecule has 2 N–H and O–H groups in total. The number of nitrogen functional groups attached to an aromatic ring is 1. The van der Waals surface area contributed by atoms with Crippen molar-refractivity contribution in [2.75, 3.05) is 5.73 Å². The highest BCUT2D eigenvalue weighted by molar-refractivity contribution is 5.94. The fourth-order valence-corrected chi connectivity index (χ4v) is 1.81. The van der Waals surface area contributed by atoms with Crippen LogP contribution in [-0.4, -0.2) is 15.7 Å². The number of nitrogens with two attached hydrogens (primary N) is 1. The Balaban J connectivity index is 2.01. The quantitative estimate of drug-likeness (QED) is 0.679. The van der Waals surface area contributed by atoms with Crippen LogP contribution >= 0.6 is 0 Å². The van der Waals surface area contributed by atoms with Gasteiger partial charge in [-0.2, -0.15) is 5.10 Å². The molecule has 6 heteroatoms. The number of hydrogen-bond donors (Lipinski definition) is 1. The molecule has 0 fully saturated rings. The summed E-state index contributed by atoms with van der Waals surface area (Å²) in [5.41, 5.74) is 6.48. The lowest BCUT2D eigenvalue weighted by molar-refractivity contribution is 0.0467. The van der Waals surface area contributed by atoms with Crippen molar-refractivity contribution in [2.24, 2.45) is 0 Å². The molecule has 21 heavy (non-hydrogen) atoms. The minimum absolute atomic E-state index is 0.0244. The van der Waals surface area contributed by atoms with Crippen molar-refractivity contribution >= 4 is 11.7 Å². The maximum Gasteiger partial charge on any atom is 0.340 e. The monoisotopic (exact) mass is 291 g/mol. The fourth-order valence-electron chi connectivity index (χ4n) is 1.81. The number of rotatable bonds is 5. The van der Waals surface area contributed by atoms with E-state index in [1.165, 1.54) is 12.1 Å². The number of anilines is 1. The van der Waals surface area contributed by atoms with Gasteiger partial charge in [0.05, 0.1) is 11.3 Å². The Bertz CT molecular complexity index is 640. The molecule has 1 heterocycles. The number of hydrogen-bond acceptors (Lipinski definition) is 4. The molecule has 0 amide bonds. The standard InChI is InChI=1S/C15H18FN3O2/c1-3-10(2)19-7-6-12(18-19)9-21-15(20)13-8-11(16)4-5-14(13)17/h4-8,10H,3,9,17H2,1-2H3. The third-order valence-corrected chi connectivity index (χ3v) is 3.29. The van der Waals surface area contributed by atoms with Crippen molar-refractivity contribution in [1.29, 1.82) is 0 Å². The topological polar surface area (TPSA) is 70.1 Å². The van der Waals surface area contributed by atoms with Crippen LogP contribution in [0, 0.1) is 5.82 Å². The summed E-state index contributed by atoms with van der Waals surface area (Å²) in [6.07, 6.45) is 2.80. The molecule has 1 atom stereocenters. The molecule has 0 aliphatic heterocycles. The Morgan fingerprint density at radius 1 is 1.48 bits per heavy atom. The van der Waals surface area contributed by atoms with Crippen molar-refractivity contribution < 1.29 is 13.9 Å². The molecule has 1 aromatic heterocycles. The van der Waals surface area contributed by atoms with Gasteiger partial charge >= 0.3 is 5.97 Å². The Morgan fingerprint density at radius 2 is 2.24 bits per heavy atom. The predicted molar refractivity (Wildman–Crippen MR) is 77.2 cm³/mol. The molecule has 0 spiro atoms. The zero-order chi connectivity index (χ0) is 15.4. The van der Waals surface area contributed by atoms with Crippen molar-refractivity contribution in [3.8, 4) is 0 Å². The third kappa shape index (κ3) is 3.59. The molecule has 1 unspecified atom stereocenters. The fraction of sp³-hybridized carbons (Fsp3) is 0.333. The molecule has 2 rings (SSSR count). The van der Waals surface area contributed by atoms with Crippen LogP contribution in [0.25, 0.3) is 0 Å². The second-order valence-electron chi connectivity index (χ2n) is 4.85. The van der Waals surface area contributed by atoms with Crippen molar-refractivity contribution in [2.45, 2.75) is 32.9 Å². The first-order chi connectivity index (χ1) is 10.0. The molecule has 1 aromatic carbocycles. The van der Waals surface area contributed by atoms with E-state index in [1.54, 1.807) is 6.07 Å². The van der Waals surface area contributed by atoms with Crippen molar-refractivity contribution in [3.63, 3.8) is 0 Å². The molecular weight excluding hydrogens is 273 g/mol. The van der Waals surface area contributed by atoms with Gasteiger partial charge in [0.25, 0.3) is 0 Å². The van der Waals surface area contributed by atoms with Crippen molar-refractivity contribution in [3.05, 3.63) is 47.5 Å². The second-order valence-corrected chi connectivity index (χ2v) is 4.85. The Morgan fingerprint density at radius 3 is 2.95 bits per heavy atom. The Kier molecular flexibility index (Phi) is 4.57. The normalized spacial score (nSPS) is 12.1. The highest BCUT2D eigenvalue weighted by Crippen LogP contribution is 2.16. The zero-order valence-electron chi connectivity index (χ0n) is 12.0. The van der Waals surface area contributed by atoms with E-state index < -0.39 is 11.8 Å². The van der Waals surface area contributed by atoms with Crippen LogP contribution in [0.15, 0.2) is 30.5 Å². The first-order valence-electron chi connectivity index (χ1n) is 6.77. The lowest BCUT2D eigenvalue weighted by Crippen LogP contribution is -2.10. The predicted octanol–water partition coefficient (Wildman–Crippen LogP) is 2.93. The van der Waals surface area contributed by atoms with Gasteiger partial charge in [0.15, 0.2) is 0 Å². The number of esters is 1. The van der Waals surface area contributed by atoms with E-state index in [-0.39, 0.29) is 23.9 Å². The van der Waals surface area contributed by atoms with E-state index in [1.807, 2.05) is 10.9 Å². The van der Waals surface area contributed by atoms with Gasteiger partial charge in [-0.25, -0.2) is 9.18 Å². The van der Waals surface area contributed by atoms with Crippen LogP contribution in [0.3, 0.4) is 0 Å². The molecule has 0 saturated carbocycles. The number of nitrogens with zero attached hydrogens (tertiary/aromatic N) is 2. The first-order valence-corrected chi connectivity index (χ1v) is 6.77. The average molecular weight is 291 g/mol. The van der Waals surface area contributed by atoms with Crippen LogP contribution in [0.5, 0.6) is 0 Å². The number of halogens is 1. The molecule has 0 aliphatic rings. The van der Waals surface area contributed by atoms with E-state index in [4.69, 9.17) is 10.5 Å². The summed E-state index contributed by atoms with van der Waals surface area (Å²) in [5, 5.41) is 4.32. The lowest BCUT2D eigenvalue weighted by Gasteiger charge is -2.08. The van der Waals surface area contributed by atoms with Gasteiger partial charge in [-0.3, -0.25) is 4.68 Å². The van der Waals surface area contributed by atoms with Crippen LogP contribution in [-0.2, 0) is 11.3 Å². The smallest absolute Gasteiger partial charge is 0.340 e. The Labute approximate surface area is 122 Å². The summed E-state index contributed by atoms with van der Waals surface area (Å²) in [5.74, 6) is -1.19.